The van der Waals surface area contributed by atoms with E-state index in [1.807, 2.05) is 13.0 Å². The van der Waals surface area contributed by atoms with Crippen LogP contribution >= 0.6 is 0 Å². The van der Waals surface area contributed by atoms with E-state index in [1.54, 1.807) is 0 Å². The van der Waals surface area contributed by atoms with E-state index in [1.165, 1.54) is 57.8 Å². The second-order valence-electron chi connectivity index (χ2n) is 12.8. The first-order valence-corrected chi connectivity index (χ1v) is 17.4. The number of Topliss-reactive ketones (excluding diaryl/α,β-unsaturated/α-hetero) is 1. The van der Waals surface area contributed by atoms with Crippen LogP contribution in [0.1, 0.15) is 168 Å². The molecule has 0 radical (unpaired) electrons. The number of rotatable bonds is 26. The molecule has 2 aliphatic heterocycles. The van der Waals surface area contributed by atoms with Gasteiger partial charge in [0.25, 0.3) is 0 Å². The molecular formula is C35H62O6. The number of esters is 1. The standard InChI is InChI=1S/C35H62O6/c1-3-4-5-6-7-8-9-10-14-17-23-31(37)33-25-26-34(41-33)32(38)24-19-18-22-30(36)21-16-13-11-12-15-20-29-27-28(2)40-35(29)39/h27-28,31-34,37-38H,3-26H2,1-2H3/t28-,31+,32+,33+,34?/m0/s1. The van der Waals surface area contributed by atoms with Crippen molar-refractivity contribution < 1.29 is 29.3 Å². The Morgan fingerprint density at radius 2 is 1.22 bits per heavy atom. The number of aliphatic hydroxyl groups excluding tert-OH is 2. The van der Waals surface area contributed by atoms with E-state index in [0.717, 1.165) is 82.6 Å². The number of ether oxygens (including phenoxy) is 2. The summed E-state index contributed by atoms with van der Waals surface area (Å²) in [6.07, 6.45) is 25.4. The first-order chi connectivity index (χ1) is 19.9. The van der Waals surface area contributed by atoms with Crippen LogP contribution in [0.5, 0.6) is 0 Å². The molecule has 1 saturated heterocycles. The lowest BCUT2D eigenvalue weighted by Gasteiger charge is -2.22. The Balaban J connectivity index is 1.39. The number of cyclic esters (lactones) is 1. The number of carbonyl (C=O) groups excluding carboxylic acids is 2. The molecule has 5 atom stereocenters. The molecular weight excluding hydrogens is 516 g/mol. The van der Waals surface area contributed by atoms with Crippen molar-refractivity contribution in [3.8, 4) is 0 Å². The summed E-state index contributed by atoms with van der Waals surface area (Å²) in [6, 6.07) is 0. The van der Waals surface area contributed by atoms with Crippen LogP contribution in [0.3, 0.4) is 0 Å². The molecule has 0 amide bonds. The highest BCUT2D eigenvalue weighted by Crippen LogP contribution is 2.28. The van der Waals surface area contributed by atoms with Crippen molar-refractivity contribution in [1.29, 1.82) is 0 Å². The maximum absolute atomic E-state index is 12.2. The van der Waals surface area contributed by atoms with E-state index in [0.29, 0.717) is 25.0 Å². The molecule has 2 N–H and O–H groups in total. The third-order valence-corrected chi connectivity index (χ3v) is 8.90. The minimum Gasteiger partial charge on any atom is -0.455 e. The summed E-state index contributed by atoms with van der Waals surface area (Å²) in [7, 11) is 0. The molecule has 0 aromatic heterocycles. The molecule has 1 unspecified atom stereocenters. The summed E-state index contributed by atoms with van der Waals surface area (Å²) in [5, 5.41) is 21.2. The van der Waals surface area contributed by atoms with Gasteiger partial charge in [-0.1, -0.05) is 96.8 Å². The van der Waals surface area contributed by atoms with E-state index in [9.17, 15) is 19.8 Å². The minimum absolute atomic E-state index is 0.0851. The number of hydrogen-bond acceptors (Lipinski definition) is 6. The highest BCUT2D eigenvalue weighted by atomic mass is 16.5. The number of hydrogen-bond donors (Lipinski definition) is 2. The van der Waals surface area contributed by atoms with Crippen molar-refractivity contribution in [3.63, 3.8) is 0 Å². The molecule has 1 fully saturated rings. The molecule has 0 spiro atoms. The maximum atomic E-state index is 12.2. The van der Waals surface area contributed by atoms with Gasteiger partial charge in [-0.05, 0) is 64.4 Å². The highest BCUT2D eigenvalue weighted by Gasteiger charge is 2.34. The van der Waals surface area contributed by atoms with Crippen LogP contribution in [0.25, 0.3) is 0 Å². The van der Waals surface area contributed by atoms with E-state index in [-0.39, 0.29) is 24.3 Å². The molecule has 0 aliphatic carbocycles. The van der Waals surface area contributed by atoms with E-state index < -0.39 is 12.2 Å². The smallest absolute Gasteiger partial charge is 0.334 e. The van der Waals surface area contributed by atoms with Crippen molar-refractivity contribution >= 4 is 11.8 Å². The zero-order valence-corrected chi connectivity index (χ0v) is 26.5. The third kappa shape index (κ3) is 16.3. The average molecular weight is 579 g/mol. The van der Waals surface area contributed by atoms with Crippen LogP contribution in [0.4, 0.5) is 0 Å². The summed E-state index contributed by atoms with van der Waals surface area (Å²) in [5.74, 6) is 0.156. The summed E-state index contributed by atoms with van der Waals surface area (Å²) in [6.45, 7) is 4.14. The number of aliphatic hydroxyl groups is 2. The Kier molecular flexibility index (Phi) is 19.6. The van der Waals surface area contributed by atoms with Crippen molar-refractivity contribution in [3.05, 3.63) is 11.6 Å². The highest BCUT2D eigenvalue weighted by molar-refractivity contribution is 5.90. The predicted octanol–water partition coefficient (Wildman–Crippen LogP) is 8.30. The zero-order chi connectivity index (χ0) is 29.7. The molecule has 2 aliphatic rings. The predicted molar refractivity (Wildman–Crippen MR) is 166 cm³/mol. The van der Waals surface area contributed by atoms with Gasteiger partial charge in [-0.3, -0.25) is 4.79 Å². The molecule has 6 nitrogen and oxygen atoms in total. The van der Waals surface area contributed by atoms with Crippen molar-refractivity contribution in [2.75, 3.05) is 0 Å². The van der Waals surface area contributed by atoms with Crippen LogP contribution in [0.2, 0.25) is 0 Å². The minimum atomic E-state index is -0.510. The summed E-state index contributed by atoms with van der Waals surface area (Å²) in [5.41, 5.74) is 0.814. The quantitative estimate of drug-likeness (QED) is 0.0792. The van der Waals surface area contributed by atoms with Crippen LogP contribution in [-0.4, -0.2) is 52.5 Å². The van der Waals surface area contributed by atoms with Crippen LogP contribution in [-0.2, 0) is 19.1 Å². The number of unbranched alkanes of at least 4 members (excludes halogenated alkanes) is 14. The van der Waals surface area contributed by atoms with E-state index in [2.05, 4.69) is 6.92 Å². The van der Waals surface area contributed by atoms with Gasteiger partial charge in [-0.15, -0.1) is 0 Å². The lowest BCUT2D eigenvalue weighted by molar-refractivity contribution is -0.139. The van der Waals surface area contributed by atoms with Gasteiger partial charge in [0.1, 0.15) is 11.9 Å². The molecule has 0 aromatic rings. The molecule has 0 bridgehead atoms. The lowest BCUT2D eigenvalue weighted by Crippen LogP contribution is -2.31. The van der Waals surface area contributed by atoms with Crippen LogP contribution in [0.15, 0.2) is 11.6 Å². The van der Waals surface area contributed by atoms with Crippen LogP contribution in [0, 0.1) is 0 Å². The van der Waals surface area contributed by atoms with Gasteiger partial charge in [0, 0.05) is 18.4 Å². The Morgan fingerprint density at radius 3 is 1.76 bits per heavy atom. The fourth-order valence-electron chi connectivity index (χ4n) is 6.25. The normalized spacial score (nSPS) is 22.1. The topological polar surface area (TPSA) is 93.1 Å². The Morgan fingerprint density at radius 1 is 0.756 bits per heavy atom. The first-order valence-electron chi connectivity index (χ1n) is 17.4. The summed E-state index contributed by atoms with van der Waals surface area (Å²) < 4.78 is 11.2. The molecule has 2 rings (SSSR count). The van der Waals surface area contributed by atoms with Gasteiger partial charge in [-0.25, -0.2) is 4.79 Å². The Bertz CT molecular complexity index is 734. The van der Waals surface area contributed by atoms with Crippen molar-refractivity contribution in [1.82, 2.24) is 0 Å². The lowest BCUT2D eigenvalue weighted by atomic mass is 9.99. The van der Waals surface area contributed by atoms with Gasteiger partial charge >= 0.3 is 5.97 Å². The van der Waals surface area contributed by atoms with Gasteiger partial charge in [0.05, 0.1) is 24.4 Å². The summed E-state index contributed by atoms with van der Waals surface area (Å²) >= 11 is 0. The fourth-order valence-corrected chi connectivity index (χ4v) is 6.25. The molecule has 6 heteroatoms. The van der Waals surface area contributed by atoms with Crippen molar-refractivity contribution in [2.24, 2.45) is 0 Å². The molecule has 0 aromatic carbocycles. The molecule has 238 valence electrons. The number of ketones is 1. The number of carbonyl (C=O) groups is 2. The zero-order valence-electron chi connectivity index (χ0n) is 26.5. The second kappa shape index (κ2) is 22.3. The molecule has 41 heavy (non-hydrogen) atoms. The van der Waals surface area contributed by atoms with Gasteiger partial charge in [-0.2, -0.15) is 0 Å². The molecule has 2 heterocycles. The van der Waals surface area contributed by atoms with E-state index >= 15 is 0 Å². The van der Waals surface area contributed by atoms with E-state index in [4.69, 9.17) is 9.47 Å². The average Bonchev–Trinajstić information content (AvgIpc) is 3.57. The Labute approximate surface area is 251 Å². The SMILES string of the molecule is CCCCCCCCCCCC[C@@H](O)[C@H]1CCC([C@H](O)CCCCC(=O)CCCCCCCC2=C[C@H](C)OC2=O)O1. The van der Waals surface area contributed by atoms with Crippen molar-refractivity contribution in [2.45, 2.75) is 198 Å². The third-order valence-electron chi connectivity index (χ3n) is 8.90. The largest absolute Gasteiger partial charge is 0.455 e. The Hall–Kier alpha value is -1.24. The first kappa shape index (κ1) is 36.0. The van der Waals surface area contributed by atoms with Gasteiger partial charge in [0.2, 0.25) is 0 Å². The van der Waals surface area contributed by atoms with Gasteiger partial charge in [0.15, 0.2) is 0 Å². The monoisotopic (exact) mass is 578 g/mol. The van der Waals surface area contributed by atoms with Gasteiger partial charge < -0.3 is 19.7 Å². The van der Waals surface area contributed by atoms with Crippen LogP contribution < -0.4 is 0 Å². The molecule has 0 saturated carbocycles. The second-order valence-corrected chi connectivity index (χ2v) is 12.8. The summed E-state index contributed by atoms with van der Waals surface area (Å²) in [4.78, 5) is 23.8. The fraction of sp³-hybridized carbons (Fsp3) is 0.886. The maximum Gasteiger partial charge on any atom is 0.334 e.